The van der Waals surface area contributed by atoms with Gasteiger partial charge in [-0.25, -0.2) is 0 Å². The summed E-state index contributed by atoms with van der Waals surface area (Å²) in [6.45, 7) is 5.52. The monoisotopic (exact) mass is 263 g/mol. The summed E-state index contributed by atoms with van der Waals surface area (Å²) in [4.78, 5) is 0. The van der Waals surface area contributed by atoms with E-state index in [1.807, 2.05) is 0 Å². The van der Waals surface area contributed by atoms with Crippen LogP contribution in [-0.4, -0.2) is 12.6 Å². The second-order valence-electron chi connectivity index (χ2n) is 4.65. The molecule has 98 valence electrons. The standard InChI is InChI=1S/C16H21N.ClH/c1-3-13(2)17-12-11-15-9-6-8-14-7-4-5-10-16(14)15;/h4-10,13,17H,3,11-12H2,1-2H3;1H. The van der Waals surface area contributed by atoms with Gasteiger partial charge in [0, 0.05) is 6.04 Å². The topological polar surface area (TPSA) is 12.0 Å². The number of benzene rings is 2. The van der Waals surface area contributed by atoms with Crippen molar-refractivity contribution in [1.82, 2.24) is 5.32 Å². The molecule has 0 aliphatic rings. The predicted molar refractivity (Wildman–Crippen MR) is 82.7 cm³/mol. The Bertz CT molecular complexity index is 476. The zero-order valence-electron chi connectivity index (χ0n) is 11.1. The molecule has 0 aliphatic heterocycles. The molecule has 1 N–H and O–H groups in total. The summed E-state index contributed by atoms with van der Waals surface area (Å²) in [7, 11) is 0. The van der Waals surface area contributed by atoms with E-state index < -0.39 is 0 Å². The van der Waals surface area contributed by atoms with Gasteiger partial charge in [-0.1, -0.05) is 49.4 Å². The summed E-state index contributed by atoms with van der Waals surface area (Å²) in [6, 6.07) is 15.8. The SMILES string of the molecule is CCC(C)NCCc1cccc2ccccc12.Cl. The second-order valence-corrected chi connectivity index (χ2v) is 4.65. The summed E-state index contributed by atoms with van der Waals surface area (Å²) in [5, 5.41) is 6.28. The zero-order chi connectivity index (χ0) is 12.1. The third-order valence-electron chi connectivity index (χ3n) is 3.38. The van der Waals surface area contributed by atoms with E-state index in [4.69, 9.17) is 0 Å². The van der Waals surface area contributed by atoms with Gasteiger partial charge in [0.05, 0.1) is 0 Å². The van der Waals surface area contributed by atoms with Crippen LogP contribution < -0.4 is 5.32 Å². The van der Waals surface area contributed by atoms with Gasteiger partial charge in [-0.05, 0) is 42.6 Å². The van der Waals surface area contributed by atoms with E-state index in [1.54, 1.807) is 0 Å². The number of halogens is 1. The van der Waals surface area contributed by atoms with Crippen LogP contribution >= 0.6 is 12.4 Å². The lowest BCUT2D eigenvalue weighted by Gasteiger charge is -2.12. The number of nitrogens with one attached hydrogen (secondary N) is 1. The minimum Gasteiger partial charge on any atom is -0.314 e. The Kier molecular flexibility index (Phi) is 6.17. The van der Waals surface area contributed by atoms with Crippen molar-refractivity contribution < 1.29 is 0 Å². The van der Waals surface area contributed by atoms with E-state index in [0.717, 1.165) is 13.0 Å². The van der Waals surface area contributed by atoms with Crippen molar-refractivity contribution >= 4 is 23.2 Å². The van der Waals surface area contributed by atoms with E-state index >= 15 is 0 Å². The van der Waals surface area contributed by atoms with Crippen molar-refractivity contribution in [2.75, 3.05) is 6.54 Å². The Labute approximate surface area is 116 Å². The first kappa shape index (κ1) is 15.0. The van der Waals surface area contributed by atoms with Gasteiger partial charge in [0.2, 0.25) is 0 Å². The molecule has 18 heavy (non-hydrogen) atoms. The normalized spacial score (nSPS) is 12.1. The van der Waals surface area contributed by atoms with Crippen LogP contribution in [0.1, 0.15) is 25.8 Å². The van der Waals surface area contributed by atoms with Crippen molar-refractivity contribution in [3.05, 3.63) is 48.0 Å². The first-order valence-corrected chi connectivity index (χ1v) is 6.51. The lowest BCUT2D eigenvalue weighted by atomic mass is 10.0. The fourth-order valence-electron chi connectivity index (χ4n) is 2.11. The maximum atomic E-state index is 3.55. The van der Waals surface area contributed by atoms with Crippen LogP contribution in [0.3, 0.4) is 0 Å². The van der Waals surface area contributed by atoms with Gasteiger partial charge in [0.1, 0.15) is 0 Å². The molecule has 0 saturated carbocycles. The van der Waals surface area contributed by atoms with Crippen LogP contribution in [-0.2, 0) is 6.42 Å². The summed E-state index contributed by atoms with van der Waals surface area (Å²) in [6.07, 6.45) is 2.29. The van der Waals surface area contributed by atoms with E-state index in [2.05, 4.69) is 61.6 Å². The fourth-order valence-corrected chi connectivity index (χ4v) is 2.11. The fraction of sp³-hybridized carbons (Fsp3) is 0.375. The van der Waals surface area contributed by atoms with Gasteiger partial charge in [-0.3, -0.25) is 0 Å². The molecule has 2 rings (SSSR count). The van der Waals surface area contributed by atoms with E-state index in [0.29, 0.717) is 6.04 Å². The Hall–Kier alpha value is -1.05. The summed E-state index contributed by atoms with van der Waals surface area (Å²) in [5.41, 5.74) is 1.44. The Morgan fingerprint density at radius 1 is 1.06 bits per heavy atom. The average molecular weight is 264 g/mol. The van der Waals surface area contributed by atoms with E-state index in [-0.39, 0.29) is 12.4 Å². The summed E-state index contributed by atoms with van der Waals surface area (Å²) in [5.74, 6) is 0. The highest BCUT2D eigenvalue weighted by molar-refractivity contribution is 5.86. The number of fused-ring (bicyclic) bond motifs is 1. The molecule has 0 radical (unpaired) electrons. The Balaban J connectivity index is 0.00000162. The van der Waals surface area contributed by atoms with Crippen molar-refractivity contribution in [3.63, 3.8) is 0 Å². The lowest BCUT2D eigenvalue weighted by molar-refractivity contribution is 0.538. The molecule has 1 nitrogen and oxygen atoms in total. The Morgan fingerprint density at radius 3 is 2.56 bits per heavy atom. The maximum absolute atomic E-state index is 3.55. The molecule has 2 aromatic carbocycles. The average Bonchev–Trinajstić information content (AvgIpc) is 2.39. The molecule has 1 unspecified atom stereocenters. The van der Waals surface area contributed by atoms with Crippen molar-refractivity contribution in [2.45, 2.75) is 32.7 Å². The number of rotatable bonds is 5. The van der Waals surface area contributed by atoms with Gasteiger partial charge in [-0.15, -0.1) is 12.4 Å². The Morgan fingerprint density at radius 2 is 1.78 bits per heavy atom. The highest BCUT2D eigenvalue weighted by Crippen LogP contribution is 2.18. The zero-order valence-corrected chi connectivity index (χ0v) is 12.0. The predicted octanol–water partition coefficient (Wildman–Crippen LogP) is 4.19. The van der Waals surface area contributed by atoms with Crippen LogP contribution in [0.25, 0.3) is 10.8 Å². The molecule has 0 bridgehead atoms. The molecule has 0 aromatic heterocycles. The highest BCUT2D eigenvalue weighted by atomic mass is 35.5. The molecule has 2 heteroatoms. The molecule has 0 heterocycles. The molecule has 0 aliphatic carbocycles. The van der Waals surface area contributed by atoms with Crippen LogP contribution in [0.5, 0.6) is 0 Å². The lowest BCUT2D eigenvalue weighted by Crippen LogP contribution is -2.27. The van der Waals surface area contributed by atoms with Crippen LogP contribution in [0.4, 0.5) is 0 Å². The maximum Gasteiger partial charge on any atom is 0.00362 e. The molecular formula is C16H22ClN. The van der Waals surface area contributed by atoms with Crippen LogP contribution in [0.2, 0.25) is 0 Å². The van der Waals surface area contributed by atoms with Gasteiger partial charge < -0.3 is 5.32 Å². The number of hydrogen-bond acceptors (Lipinski definition) is 1. The third kappa shape index (κ3) is 3.72. The molecule has 0 fully saturated rings. The minimum atomic E-state index is 0. The van der Waals surface area contributed by atoms with Crippen molar-refractivity contribution in [3.8, 4) is 0 Å². The number of hydrogen-bond donors (Lipinski definition) is 1. The molecule has 0 amide bonds. The molecule has 2 aromatic rings. The first-order valence-electron chi connectivity index (χ1n) is 6.51. The first-order chi connectivity index (χ1) is 8.31. The molecular weight excluding hydrogens is 242 g/mol. The smallest absolute Gasteiger partial charge is 0.00362 e. The van der Waals surface area contributed by atoms with E-state index in [1.165, 1.54) is 22.8 Å². The summed E-state index contributed by atoms with van der Waals surface area (Å²) < 4.78 is 0. The van der Waals surface area contributed by atoms with Crippen molar-refractivity contribution in [2.24, 2.45) is 0 Å². The van der Waals surface area contributed by atoms with Gasteiger partial charge in [0.15, 0.2) is 0 Å². The molecule has 0 saturated heterocycles. The molecule has 1 atom stereocenters. The minimum absolute atomic E-state index is 0. The highest BCUT2D eigenvalue weighted by Gasteiger charge is 2.01. The quantitative estimate of drug-likeness (QED) is 0.853. The van der Waals surface area contributed by atoms with Gasteiger partial charge >= 0.3 is 0 Å². The van der Waals surface area contributed by atoms with Crippen LogP contribution in [0.15, 0.2) is 42.5 Å². The van der Waals surface area contributed by atoms with Crippen molar-refractivity contribution in [1.29, 1.82) is 0 Å². The summed E-state index contributed by atoms with van der Waals surface area (Å²) >= 11 is 0. The van der Waals surface area contributed by atoms with Crippen LogP contribution in [0, 0.1) is 0 Å². The largest absolute Gasteiger partial charge is 0.314 e. The third-order valence-corrected chi connectivity index (χ3v) is 3.38. The molecule has 0 spiro atoms. The second kappa shape index (κ2) is 7.40. The van der Waals surface area contributed by atoms with Gasteiger partial charge in [0.25, 0.3) is 0 Å². The van der Waals surface area contributed by atoms with Gasteiger partial charge in [-0.2, -0.15) is 0 Å². The van der Waals surface area contributed by atoms with E-state index in [9.17, 15) is 0 Å².